The first kappa shape index (κ1) is 21.0. The minimum atomic E-state index is -0.0945. The van der Waals surface area contributed by atoms with Crippen LogP contribution in [0, 0.1) is 0 Å². The fraction of sp³-hybridized carbons (Fsp3) is 0.364. The SMILES string of the molecule is CC(C)NC(=O)CSc1ccccc1C(=O)N[C@@H](C)CCc1ccccc1. The molecule has 0 fully saturated rings. The molecule has 0 aliphatic heterocycles. The quantitative estimate of drug-likeness (QED) is 0.641. The molecule has 2 N–H and O–H groups in total. The Morgan fingerprint density at radius 1 is 0.926 bits per heavy atom. The number of hydrogen-bond donors (Lipinski definition) is 2. The van der Waals surface area contributed by atoms with E-state index in [-0.39, 0.29) is 23.9 Å². The third-order valence-electron chi connectivity index (χ3n) is 4.03. The van der Waals surface area contributed by atoms with E-state index in [1.54, 1.807) is 0 Å². The van der Waals surface area contributed by atoms with E-state index >= 15 is 0 Å². The molecule has 0 radical (unpaired) electrons. The summed E-state index contributed by atoms with van der Waals surface area (Å²) in [7, 11) is 0. The van der Waals surface area contributed by atoms with E-state index in [2.05, 4.69) is 22.8 Å². The molecule has 0 saturated carbocycles. The van der Waals surface area contributed by atoms with Gasteiger partial charge >= 0.3 is 0 Å². The number of thioether (sulfide) groups is 1. The van der Waals surface area contributed by atoms with Gasteiger partial charge in [-0.15, -0.1) is 11.8 Å². The van der Waals surface area contributed by atoms with Crippen LogP contribution in [-0.4, -0.2) is 29.7 Å². The molecule has 2 aromatic rings. The molecule has 144 valence electrons. The van der Waals surface area contributed by atoms with E-state index in [4.69, 9.17) is 0 Å². The first-order chi connectivity index (χ1) is 13.0. The maximum absolute atomic E-state index is 12.7. The molecule has 0 aliphatic carbocycles. The summed E-state index contributed by atoms with van der Waals surface area (Å²) in [4.78, 5) is 25.4. The fourth-order valence-corrected chi connectivity index (χ4v) is 3.55. The van der Waals surface area contributed by atoms with Gasteiger partial charge in [0.2, 0.25) is 5.91 Å². The molecule has 4 nitrogen and oxygen atoms in total. The lowest BCUT2D eigenvalue weighted by Crippen LogP contribution is -2.33. The summed E-state index contributed by atoms with van der Waals surface area (Å²) in [5.74, 6) is 0.177. The lowest BCUT2D eigenvalue weighted by Gasteiger charge is -2.16. The molecule has 2 aromatic carbocycles. The van der Waals surface area contributed by atoms with Crippen molar-refractivity contribution in [1.82, 2.24) is 10.6 Å². The minimum Gasteiger partial charge on any atom is -0.353 e. The summed E-state index contributed by atoms with van der Waals surface area (Å²) < 4.78 is 0. The van der Waals surface area contributed by atoms with Crippen molar-refractivity contribution < 1.29 is 9.59 Å². The summed E-state index contributed by atoms with van der Waals surface area (Å²) in [6.07, 6.45) is 1.80. The van der Waals surface area contributed by atoms with Crippen molar-refractivity contribution in [2.45, 2.75) is 50.6 Å². The van der Waals surface area contributed by atoms with Crippen LogP contribution >= 0.6 is 11.8 Å². The maximum Gasteiger partial charge on any atom is 0.252 e. The molecule has 5 heteroatoms. The molecule has 0 aliphatic rings. The third kappa shape index (κ3) is 7.47. The van der Waals surface area contributed by atoms with Crippen LogP contribution in [0.4, 0.5) is 0 Å². The predicted molar refractivity (Wildman–Crippen MR) is 112 cm³/mol. The number of rotatable bonds is 9. The van der Waals surface area contributed by atoms with E-state index < -0.39 is 0 Å². The highest BCUT2D eigenvalue weighted by molar-refractivity contribution is 8.00. The Balaban J connectivity index is 1.90. The van der Waals surface area contributed by atoms with E-state index in [9.17, 15) is 9.59 Å². The summed E-state index contributed by atoms with van der Waals surface area (Å²) in [5.41, 5.74) is 1.89. The Hall–Kier alpha value is -2.27. The van der Waals surface area contributed by atoms with Crippen molar-refractivity contribution in [3.05, 3.63) is 65.7 Å². The number of aryl methyl sites for hydroxylation is 1. The van der Waals surface area contributed by atoms with Crippen LogP contribution in [0.15, 0.2) is 59.5 Å². The summed E-state index contributed by atoms with van der Waals surface area (Å²) in [5, 5.41) is 5.94. The second-order valence-corrected chi connectivity index (χ2v) is 7.92. The largest absolute Gasteiger partial charge is 0.353 e. The molecular weight excluding hydrogens is 356 g/mol. The van der Waals surface area contributed by atoms with Crippen molar-refractivity contribution >= 4 is 23.6 Å². The molecule has 0 bridgehead atoms. The van der Waals surface area contributed by atoms with Crippen molar-refractivity contribution in [1.29, 1.82) is 0 Å². The highest BCUT2D eigenvalue weighted by atomic mass is 32.2. The highest BCUT2D eigenvalue weighted by Crippen LogP contribution is 2.22. The Morgan fingerprint density at radius 2 is 1.59 bits per heavy atom. The summed E-state index contributed by atoms with van der Waals surface area (Å²) in [6.45, 7) is 5.88. The van der Waals surface area contributed by atoms with E-state index in [0.29, 0.717) is 11.3 Å². The number of hydrogen-bond acceptors (Lipinski definition) is 3. The highest BCUT2D eigenvalue weighted by Gasteiger charge is 2.15. The minimum absolute atomic E-state index is 0.0264. The number of nitrogens with one attached hydrogen (secondary N) is 2. The van der Waals surface area contributed by atoms with Gasteiger partial charge in [-0.2, -0.15) is 0 Å². The van der Waals surface area contributed by atoms with Gasteiger partial charge in [-0.1, -0.05) is 42.5 Å². The zero-order chi connectivity index (χ0) is 19.6. The number of carbonyl (C=O) groups is 2. The normalized spacial score (nSPS) is 11.9. The Kier molecular flexibility index (Phi) is 8.40. The van der Waals surface area contributed by atoms with Gasteiger partial charge in [0.05, 0.1) is 11.3 Å². The average Bonchev–Trinajstić information content (AvgIpc) is 2.65. The second-order valence-electron chi connectivity index (χ2n) is 6.91. The predicted octanol–water partition coefficient (Wildman–Crippen LogP) is 4.05. The Labute approximate surface area is 166 Å². The van der Waals surface area contributed by atoms with Gasteiger partial charge in [0, 0.05) is 17.0 Å². The monoisotopic (exact) mass is 384 g/mol. The molecule has 1 atom stereocenters. The molecule has 27 heavy (non-hydrogen) atoms. The summed E-state index contributed by atoms with van der Waals surface area (Å²) >= 11 is 1.39. The van der Waals surface area contributed by atoms with Gasteiger partial charge in [-0.3, -0.25) is 9.59 Å². The van der Waals surface area contributed by atoms with E-state index in [0.717, 1.165) is 17.7 Å². The van der Waals surface area contributed by atoms with Gasteiger partial charge < -0.3 is 10.6 Å². The van der Waals surface area contributed by atoms with Gasteiger partial charge in [-0.05, 0) is 51.3 Å². The molecular formula is C22H28N2O2S. The molecule has 0 spiro atoms. The third-order valence-corrected chi connectivity index (χ3v) is 5.10. The Morgan fingerprint density at radius 3 is 2.30 bits per heavy atom. The van der Waals surface area contributed by atoms with E-state index in [1.165, 1.54) is 17.3 Å². The first-order valence-electron chi connectivity index (χ1n) is 9.31. The average molecular weight is 385 g/mol. The fourth-order valence-electron chi connectivity index (χ4n) is 2.69. The zero-order valence-corrected chi connectivity index (χ0v) is 17.0. The number of benzene rings is 2. The Bertz CT molecular complexity index is 747. The maximum atomic E-state index is 12.7. The lowest BCUT2D eigenvalue weighted by atomic mass is 10.1. The van der Waals surface area contributed by atoms with Gasteiger partial charge in [0.15, 0.2) is 0 Å². The van der Waals surface area contributed by atoms with Gasteiger partial charge in [0.25, 0.3) is 5.91 Å². The number of amides is 2. The van der Waals surface area contributed by atoms with Crippen molar-refractivity contribution in [3.63, 3.8) is 0 Å². The topological polar surface area (TPSA) is 58.2 Å². The zero-order valence-electron chi connectivity index (χ0n) is 16.2. The van der Waals surface area contributed by atoms with Crippen LogP contribution in [0.25, 0.3) is 0 Å². The van der Waals surface area contributed by atoms with Crippen LogP contribution in [-0.2, 0) is 11.2 Å². The van der Waals surface area contributed by atoms with E-state index in [1.807, 2.05) is 63.2 Å². The molecule has 2 rings (SSSR count). The molecule has 0 aromatic heterocycles. The standard InChI is InChI=1S/C22H28N2O2S/c1-16(2)23-21(25)15-27-20-12-8-7-11-19(20)22(26)24-17(3)13-14-18-9-5-4-6-10-18/h4-12,16-17H,13-15H2,1-3H3,(H,23,25)(H,24,26)/t17-/m0/s1. The molecule has 0 saturated heterocycles. The van der Waals surface area contributed by atoms with Gasteiger partial charge in [-0.25, -0.2) is 0 Å². The van der Waals surface area contributed by atoms with Crippen molar-refractivity contribution in [2.24, 2.45) is 0 Å². The second kappa shape index (κ2) is 10.8. The lowest BCUT2D eigenvalue weighted by molar-refractivity contribution is -0.119. The molecule has 0 heterocycles. The smallest absolute Gasteiger partial charge is 0.252 e. The van der Waals surface area contributed by atoms with Crippen LogP contribution in [0.1, 0.15) is 43.1 Å². The summed E-state index contributed by atoms with van der Waals surface area (Å²) in [6, 6.07) is 17.9. The molecule has 0 unspecified atom stereocenters. The van der Waals surface area contributed by atoms with Crippen LogP contribution in [0.3, 0.4) is 0 Å². The van der Waals surface area contributed by atoms with Gasteiger partial charge in [0.1, 0.15) is 0 Å². The van der Waals surface area contributed by atoms with Crippen molar-refractivity contribution in [2.75, 3.05) is 5.75 Å². The van der Waals surface area contributed by atoms with Crippen molar-refractivity contribution in [3.8, 4) is 0 Å². The van der Waals surface area contributed by atoms with Crippen LogP contribution in [0.2, 0.25) is 0 Å². The van der Waals surface area contributed by atoms with Crippen LogP contribution in [0.5, 0.6) is 0 Å². The first-order valence-corrected chi connectivity index (χ1v) is 10.3. The van der Waals surface area contributed by atoms with Crippen LogP contribution < -0.4 is 10.6 Å². The molecule has 2 amide bonds. The number of carbonyl (C=O) groups excluding carboxylic acids is 2.